The van der Waals surface area contributed by atoms with Crippen LogP contribution >= 0.6 is 22.6 Å². The highest BCUT2D eigenvalue weighted by Gasteiger charge is 2.24. The van der Waals surface area contributed by atoms with Crippen molar-refractivity contribution in [2.24, 2.45) is 0 Å². The molecule has 3 aromatic rings. The summed E-state index contributed by atoms with van der Waals surface area (Å²) in [6.45, 7) is 13.4. The van der Waals surface area contributed by atoms with Crippen molar-refractivity contribution in [1.29, 1.82) is 0 Å². The van der Waals surface area contributed by atoms with Gasteiger partial charge in [-0.3, -0.25) is 0 Å². The van der Waals surface area contributed by atoms with Gasteiger partial charge in [0.05, 0.1) is 0 Å². The summed E-state index contributed by atoms with van der Waals surface area (Å²) in [5, 5.41) is 0. The van der Waals surface area contributed by atoms with Gasteiger partial charge < -0.3 is 0 Å². The molecule has 0 radical (unpaired) electrons. The van der Waals surface area contributed by atoms with E-state index in [4.69, 9.17) is 0 Å². The van der Waals surface area contributed by atoms with Gasteiger partial charge in [-0.2, -0.15) is 0 Å². The topological polar surface area (TPSA) is 0 Å². The SMILES string of the molecule is Cc1cc(C)c(C(c2ccc(I)cc2)c2c(C)cc(C)cc2C)c(C)c1. The third kappa shape index (κ3) is 3.73. The molecule has 0 aromatic heterocycles. The van der Waals surface area contributed by atoms with Crippen LogP contribution in [0.5, 0.6) is 0 Å². The lowest BCUT2D eigenvalue weighted by Gasteiger charge is -2.27. The zero-order valence-electron chi connectivity index (χ0n) is 16.6. The maximum atomic E-state index is 2.38. The fraction of sp³-hybridized carbons (Fsp3) is 0.280. The van der Waals surface area contributed by atoms with E-state index >= 15 is 0 Å². The quantitative estimate of drug-likeness (QED) is 0.287. The third-order valence-corrected chi connectivity index (χ3v) is 5.98. The van der Waals surface area contributed by atoms with Crippen LogP contribution in [0.1, 0.15) is 56.0 Å². The van der Waals surface area contributed by atoms with Crippen LogP contribution in [0.2, 0.25) is 0 Å². The molecule has 134 valence electrons. The van der Waals surface area contributed by atoms with Crippen LogP contribution in [0.3, 0.4) is 0 Å². The Morgan fingerprint density at radius 2 is 0.923 bits per heavy atom. The molecule has 0 aliphatic rings. The van der Waals surface area contributed by atoms with Gasteiger partial charge in [0, 0.05) is 9.49 Å². The van der Waals surface area contributed by atoms with Gasteiger partial charge in [-0.05, 0) is 115 Å². The molecule has 3 rings (SSSR count). The Morgan fingerprint density at radius 1 is 0.577 bits per heavy atom. The highest BCUT2D eigenvalue weighted by molar-refractivity contribution is 14.1. The number of hydrogen-bond donors (Lipinski definition) is 0. The molecule has 0 aliphatic heterocycles. The van der Waals surface area contributed by atoms with Crippen LogP contribution in [0.4, 0.5) is 0 Å². The van der Waals surface area contributed by atoms with Gasteiger partial charge >= 0.3 is 0 Å². The first kappa shape index (κ1) is 19.2. The van der Waals surface area contributed by atoms with E-state index in [2.05, 4.69) is 113 Å². The van der Waals surface area contributed by atoms with Gasteiger partial charge in [0.2, 0.25) is 0 Å². The molecule has 0 unspecified atom stereocenters. The average Bonchev–Trinajstić information content (AvgIpc) is 2.52. The Balaban J connectivity index is 2.34. The Labute approximate surface area is 171 Å². The van der Waals surface area contributed by atoms with Crippen LogP contribution in [0.25, 0.3) is 0 Å². The maximum absolute atomic E-state index is 2.38. The van der Waals surface area contributed by atoms with Gasteiger partial charge in [0.1, 0.15) is 0 Å². The first-order valence-corrected chi connectivity index (χ1v) is 10.3. The van der Waals surface area contributed by atoms with Crippen molar-refractivity contribution in [2.45, 2.75) is 47.5 Å². The van der Waals surface area contributed by atoms with E-state index in [0.29, 0.717) is 0 Å². The lowest BCUT2D eigenvalue weighted by Crippen LogP contribution is -2.11. The summed E-state index contributed by atoms with van der Waals surface area (Å²) in [5.74, 6) is 0.271. The molecule has 0 atom stereocenters. The smallest absolute Gasteiger partial charge is 0.0350 e. The zero-order valence-corrected chi connectivity index (χ0v) is 18.7. The Hall–Kier alpha value is -1.61. The van der Waals surface area contributed by atoms with Crippen LogP contribution in [-0.2, 0) is 0 Å². The molecule has 0 saturated carbocycles. The van der Waals surface area contributed by atoms with Gasteiger partial charge in [-0.1, -0.05) is 47.5 Å². The van der Waals surface area contributed by atoms with Gasteiger partial charge in [0.25, 0.3) is 0 Å². The molecule has 0 heterocycles. The predicted molar refractivity (Wildman–Crippen MR) is 121 cm³/mol. The summed E-state index contributed by atoms with van der Waals surface area (Å²) in [6.07, 6.45) is 0. The van der Waals surface area contributed by atoms with Crippen LogP contribution < -0.4 is 0 Å². The number of benzene rings is 3. The van der Waals surface area contributed by atoms with Gasteiger partial charge in [-0.15, -0.1) is 0 Å². The summed E-state index contributed by atoms with van der Waals surface area (Å²) >= 11 is 2.38. The minimum absolute atomic E-state index is 0.271. The molecular weight excluding hydrogens is 427 g/mol. The minimum Gasteiger partial charge on any atom is -0.0570 e. The van der Waals surface area contributed by atoms with E-state index in [1.165, 1.54) is 53.6 Å². The first-order chi connectivity index (χ1) is 12.3. The first-order valence-electron chi connectivity index (χ1n) is 9.19. The van der Waals surface area contributed by atoms with E-state index in [1.54, 1.807) is 0 Å². The van der Waals surface area contributed by atoms with Gasteiger partial charge in [0.15, 0.2) is 0 Å². The molecule has 0 fully saturated rings. The highest BCUT2D eigenvalue weighted by Crippen LogP contribution is 2.39. The molecule has 0 nitrogen and oxygen atoms in total. The monoisotopic (exact) mass is 454 g/mol. The number of halogens is 1. The number of rotatable bonds is 3. The third-order valence-electron chi connectivity index (χ3n) is 5.26. The molecule has 26 heavy (non-hydrogen) atoms. The number of aryl methyl sites for hydroxylation is 6. The van der Waals surface area contributed by atoms with Crippen molar-refractivity contribution in [3.63, 3.8) is 0 Å². The normalized spacial score (nSPS) is 11.2. The van der Waals surface area contributed by atoms with E-state index in [1.807, 2.05) is 0 Å². The largest absolute Gasteiger partial charge is 0.0570 e. The Morgan fingerprint density at radius 3 is 1.27 bits per heavy atom. The van der Waals surface area contributed by atoms with Crippen LogP contribution in [0.15, 0.2) is 48.5 Å². The number of hydrogen-bond acceptors (Lipinski definition) is 0. The summed E-state index contributed by atoms with van der Waals surface area (Å²) in [7, 11) is 0. The lowest BCUT2D eigenvalue weighted by atomic mass is 9.77. The van der Waals surface area contributed by atoms with Crippen molar-refractivity contribution in [3.8, 4) is 0 Å². The summed E-state index contributed by atoms with van der Waals surface area (Å²) < 4.78 is 1.28. The molecule has 0 N–H and O–H groups in total. The van der Waals surface area contributed by atoms with Crippen LogP contribution in [-0.4, -0.2) is 0 Å². The fourth-order valence-corrected chi connectivity index (χ4v) is 4.79. The minimum atomic E-state index is 0.271. The summed E-state index contributed by atoms with van der Waals surface area (Å²) in [5.41, 5.74) is 12.5. The standard InChI is InChI=1S/C25H27I/c1-15-11-17(3)23(18(4)12-15)25(21-7-9-22(26)10-8-21)24-19(5)13-16(2)14-20(24)6/h7-14,25H,1-6H3. The molecule has 3 aromatic carbocycles. The molecular formula is C25H27I. The predicted octanol–water partition coefficient (Wildman–Crippen LogP) is 7.32. The fourth-order valence-electron chi connectivity index (χ4n) is 4.43. The van der Waals surface area contributed by atoms with Crippen LogP contribution in [0, 0.1) is 45.1 Å². The zero-order chi connectivity index (χ0) is 19.0. The molecule has 0 spiro atoms. The molecule has 0 aliphatic carbocycles. The van der Waals surface area contributed by atoms with Crippen molar-refractivity contribution in [3.05, 3.63) is 102 Å². The Kier molecular flexibility index (Phi) is 5.57. The van der Waals surface area contributed by atoms with E-state index in [-0.39, 0.29) is 5.92 Å². The Bertz CT molecular complexity index is 845. The molecule has 0 bridgehead atoms. The van der Waals surface area contributed by atoms with E-state index in [0.717, 1.165) is 0 Å². The van der Waals surface area contributed by atoms with Crippen molar-refractivity contribution in [1.82, 2.24) is 0 Å². The highest BCUT2D eigenvalue weighted by atomic mass is 127. The molecule has 0 saturated heterocycles. The maximum Gasteiger partial charge on any atom is 0.0350 e. The lowest BCUT2D eigenvalue weighted by molar-refractivity contribution is 0.919. The molecule has 0 amide bonds. The second kappa shape index (κ2) is 7.56. The average molecular weight is 454 g/mol. The van der Waals surface area contributed by atoms with Gasteiger partial charge in [-0.25, -0.2) is 0 Å². The summed E-state index contributed by atoms with van der Waals surface area (Å²) in [4.78, 5) is 0. The van der Waals surface area contributed by atoms with Crippen molar-refractivity contribution < 1.29 is 0 Å². The van der Waals surface area contributed by atoms with Crippen molar-refractivity contribution in [2.75, 3.05) is 0 Å². The van der Waals surface area contributed by atoms with Crippen molar-refractivity contribution >= 4 is 22.6 Å². The van der Waals surface area contributed by atoms with E-state index < -0.39 is 0 Å². The second-order valence-corrected chi connectivity index (χ2v) is 8.85. The second-order valence-electron chi connectivity index (χ2n) is 7.61. The molecule has 1 heteroatoms. The van der Waals surface area contributed by atoms with E-state index in [9.17, 15) is 0 Å². The summed E-state index contributed by atoms with van der Waals surface area (Å²) in [6, 6.07) is 18.3.